The van der Waals surface area contributed by atoms with Crippen molar-refractivity contribution in [3.05, 3.63) is 0 Å². The Kier molecular flexibility index (Phi) is 3.74. The molecule has 0 radical (unpaired) electrons. The van der Waals surface area contributed by atoms with Gasteiger partial charge in [0.25, 0.3) is 0 Å². The second kappa shape index (κ2) is 3.16. The van der Waals surface area contributed by atoms with Gasteiger partial charge in [0.15, 0.2) is 0 Å². The second-order valence-corrected chi connectivity index (χ2v) is 4.45. The number of carbonyl (C=O) groups excluding carboxylic acids is 1. The molecule has 1 nitrogen and oxygen atoms in total. The molecule has 4 heteroatoms. The Morgan fingerprint density at radius 2 is 1.67 bits per heavy atom. The van der Waals surface area contributed by atoms with Crippen molar-refractivity contribution >= 4 is 52.5 Å². The molecule has 0 N–H and O–H groups in total. The summed E-state index contributed by atoms with van der Waals surface area (Å²) in [6.45, 7) is 0. The fourth-order valence-electron chi connectivity index (χ4n) is 0. The fraction of sp³-hybridized carbons (Fsp3) is 0.500. The van der Waals surface area contributed by atoms with Gasteiger partial charge in [-0.2, -0.15) is 0 Å². The number of rotatable bonds is 1. The van der Waals surface area contributed by atoms with E-state index in [2.05, 4.69) is 47.8 Å². The summed E-state index contributed by atoms with van der Waals surface area (Å²) in [5.41, 5.74) is 0. The molecule has 0 rings (SSSR count). The van der Waals surface area contributed by atoms with Gasteiger partial charge in [-0.05, 0) is 15.9 Å². The van der Waals surface area contributed by atoms with Crippen LogP contribution in [0.25, 0.3) is 0 Å². The van der Waals surface area contributed by atoms with Gasteiger partial charge in [0.2, 0.25) is 4.69 Å². The standard InChI is InChI=1S/C2HBr3O/c3-1(4)2(5)6/h1H. The van der Waals surface area contributed by atoms with Crippen LogP contribution in [-0.4, -0.2) is 8.43 Å². The minimum absolute atomic E-state index is 0.0949. The van der Waals surface area contributed by atoms with Crippen LogP contribution >= 0.6 is 47.8 Å². The van der Waals surface area contributed by atoms with E-state index in [9.17, 15) is 4.79 Å². The molecule has 0 aromatic rings. The molecule has 0 aromatic heterocycles. The molecule has 0 bridgehead atoms. The predicted octanol–water partition coefficient (Wildman–Crippen LogP) is 2.02. The molecule has 36 valence electrons. The Hall–Kier alpha value is 1.11. The summed E-state index contributed by atoms with van der Waals surface area (Å²) in [6.07, 6.45) is 0. The average Bonchev–Trinajstić information content (AvgIpc) is 1.36. The minimum atomic E-state index is -0.245. The van der Waals surface area contributed by atoms with E-state index in [1.54, 1.807) is 0 Å². The summed E-state index contributed by atoms with van der Waals surface area (Å²) in [7, 11) is 0. The summed E-state index contributed by atoms with van der Waals surface area (Å²) < 4.78 is -0.340. The number of hydrogen-bond acceptors (Lipinski definition) is 1. The summed E-state index contributed by atoms with van der Waals surface area (Å²) in [6, 6.07) is 0. The first-order chi connectivity index (χ1) is 2.64. The van der Waals surface area contributed by atoms with E-state index in [-0.39, 0.29) is 8.43 Å². The van der Waals surface area contributed by atoms with Crippen molar-refractivity contribution in [3.8, 4) is 0 Å². The Morgan fingerprint density at radius 1 is 1.50 bits per heavy atom. The van der Waals surface area contributed by atoms with E-state index in [4.69, 9.17) is 0 Å². The predicted molar refractivity (Wildman–Crippen MR) is 35.6 cm³/mol. The summed E-state index contributed by atoms with van der Waals surface area (Å²) in [5.74, 6) is 0. The molecule has 0 aliphatic carbocycles. The zero-order valence-electron chi connectivity index (χ0n) is 2.62. The lowest BCUT2D eigenvalue weighted by atomic mass is 10.9. The summed E-state index contributed by atoms with van der Waals surface area (Å²) in [5, 5.41) is 0. The van der Waals surface area contributed by atoms with Crippen LogP contribution in [0.4, 0.5) is 0 Å². The summed E-state index contributed by atoms with van der Waals surface area (Å²) in [4.78, 5) is 9.97. The summed E-state index contributed by atoms with van der Waals surface area (Å²) >= 11 is 8.62. The molecule has 0 unspecified atom stereocenters. The Bertz CT molecular complexity index is 59.8. The zero-order valence-corrected chi connectivity index (χ0v) is 7.38. The maximum Gasteiger partial charge on any atom is 0.222 e. The van der Waals surface area contributed by atoms with Gasteiger partial charge < -0.3 is 0 Å². The quantitative estimate of drug-likeness (QED) is 0.531. The third-order valence-electron chi connectivity index (χ3n) is 0.172. The van der Waals surface area contributed by atoms with Crippen LogP contribution in [0.2, 0.25) is 0 Å². The normalized spacial score (nSPS) is 9.33. The maximum atomic E-state index is 9.97. The zero-order chi connectivity index (χ0) is 5.15. The highest BCUT2D eigenvalue weighted by Gasteiger charge is 2.02. The molecule has 0 spiro atoms. The molecular formula is C2HBr3O. The highest BCUT2D eigenvalue weighted by Crippen LogP contribution is 2.11. The van der Waals surface area contributed by atoms with E-state index in [1.807, 2.05) is 0 Å². The third kappa shape index (κ3) is 3.31. The van der Waals surface area contributed by atoms with E-state index >= 15 is 0 Å². The van der Waals surface area contributed by atoms with Crippen molar-refractivity contribution in [1.29, 1.82) is 0 Å². The molecule has 0 saturated heterocycles. The van der Waals surface area contributed by atoms with Crippen molar-refractivity contribution in [3.63, 3.8) is 0 Å². The van der Waals surface area contributed by atoms with Crippen molar-refractivity contribution in [2.75, 3.05) is 0 Å². The molecule has 0 aliphatic heterocycles. The highest BCUT2D eigenvalue weighted by atomic mass is 79.9. The van der Waals surface area contributed by atoms with E-state index in [0.717, 1.165) is 0 Å². The largest absolute Gasteiger partial charge is 0.284 e. The van der Waals surface area contributed by atoms with Gasteiger partial charge in [0.05, 0.1) is 0 Å². The van der Waals surface area contributed by atoms with Crippen LogP contribution in [0, 0.1) is 0 Å². The maximum absolute atomic E-state index is 9.97. The van der Waals surface area contributed by atoms with E-state index < -0.39 is 0 Å². The number of carbonyl (C=O) groups is 1. The number of alkyl halides is 2. The van der Waals surface area contributed by atoms with Gasteiger partial charge in [-0.3, -0.25) is 4.79 Å². The lowest BCUT2D eigenvalue weighted by Crippen LogP contribution is -1.92. The monoisotopic (exact) mass is 278 g/mol. The van der Waals surface area contributed by atoms with Gasteiger partial charge in [0, 0.05) is 0 Å². The molecule has 0 aromatic carbocycles. The lowest BCUT2D eigenvalue weighted by Gasteiger charge is -1.83. The molecule has 0 aliphatic rings. The van der Waals surface area contributed by atoms with Gasteiger partial charge in [0.1, 0.15) is 3.74 Å². The van der Waals surface area contributed by atoms with Crippen molar-refractivity contribution in [2.24, 2.45) is 0 Å². The van der Waals surface area contributed by atoms with Crippen LogP contribution in [0.5, 0.6) is 0 Å². The average molecular weight is 281 g/mol. The first-order valence-corrected chi connectivity index (χ1v) is 3.74. The first-order valence-electron chi connectivity index (χ1n) is 1.12. The number of hydrogen-bond donors (Lipinski definition) is 0. The van der Waals surface area contributed by atoms with Gasteiger partial charge in [-0.15, -0.1) is 0 Å². The SMILES string of the molecule is O=C(Br)C(Br)Br. The van der Waals surface area contributed by atoms with Crippen LogP contribution in [0.3, 0.4) is 0 Å². The molecule has 0 atom stereocenters. The second-order valence-electron chi connectivity index (χ2n) is 0.605. The Balaban J connectivity index is 3.26. The van der Waals surface area contributed by atoms with Crippen molar-refractivity contribution in [2.45, 2.75) is 3.74 Å². The van der Waals surface area contributed by atoms with Crippen LogP contribution in [0.15, 0.2) is 0 Å². The smallest absolute Gasteiger partial charge is 0.222 e. The fourth-order valence-corrected chi connectivity index (χ4v) is 0. The lowest BCUT2D eigenvalue weighted by molar-refractivity contribution is -0.108. The topological polar surface area (TPSA) is 17.1 Å². The van der Waals surface area contributed by atoms with Gasteiger partial charge in [-0.1, -0.05) is 31.9 Å². The molecular weight excluding hydrogens is 280 g/mol. The van der Waals surface area contributed by atoms with Crippen LogP contribution in [0.1, 0.15) is 0 Å². The minimum Gasteiger partial charge on any atom is -0.284 e. The molecule has 0 saturated carbocycles. The van der Waals surface area contributed by atoms with E-state index in [1.165, 1.54) is 0 Å². The first kappa shape index (κ1) is 7.11. The number of halogens is 3. The molecule has 0 amide bonds. The highest BCUT2D eigenvalue weighted by molar-refractivity contribution is 9.28. The molecule has 0 fully saturated rings. The Labute approximate surface area is 60.9 Å². The van der Waals surface area contributed by atoms with Crippen molar-refractivity contribution < 1.29 is 4.79 Å². The van der Waals surface area contributed by atoms with Crippen LogP contribution in [-0.2, 0) is 4.79 Å². The van der Waals surface area contributed by atoms with Gasteiger partial charge in [-0.25, -0.2) is 0 Å². The molecule has 0 heterocycles. The van der Waals surface area contributed by atoms with Crippen molar-refractivity contribution in [1.82, 2.24) is 0 Å². The van der Waals surface area contributed by atoms with Gasteiger partial charge >= 0.3 is 0 Å². The molecule has 6 heavy (non-hydrogen) atoms. The van der Waals surface area contributed by atoms with Crippen LogP contribution < -0.4 is 0 Å². The Morgan fingerprint density at radius 3 is 1.67 bits per heavy atom. The third-order valence-corrected chi connectivity index (χ3v) is 2.69. The van der Waals surface area contributed by atoms with E-state index in [0.29, 0.717) is 0 Å².